The van der Waals surface area contributed by atoms with E-state index in [1.165, 1.54) is 13.2 Å². The van der Waals surface area contributed by atoms with Crippen LogP contribution in [0.15, 0.2) is 47.0 Å². The predicted octanol–water partition coefficient (Wildman–Crippen LogP) is 2.82. The van der Waals surface area contributed by atoms with Gasteiger partial charge >= 0.3 is 0 Å². The molecule has 0 amide bonds. The van der Waals surface area contributed by atoms with Crippen LogP contribution in [0.2, 0.25) is 0 Å². The molecule has 2 aromatic carbocycles. The zero-order chi connectivity index (χ0) is 14.8. The average molecular weight is 284 g/mol. The van der Waals surface area contributed by atoms with E-state index in [4.69, 9.17) is 9.26 Å². The van der Waals surface area contributed by atoms with Crippen molar-refractivity contribution in [3.63, 3.8) is 0 Å². The highest BCUT2D eigenvalue weighted by molar-refractivity contribution is 5.63. The summed E-state index contributed by atoms with van der Waals surface area (Å²) in [4.78, 5) is 4.27. The molecular weight excluding hydrogens is 272 g/mol. The first-order valence-electron chi connectivity index (χ1n) is 6.18. The first-order valence-corrected chi connectivity index (χ1v) is 6.18. The maximum atomic E-state index is 9.76. The Labute approximate surface area is 120 Å². The fraction of sp³-hybridized carbons (Fsp3) is 0.0667. The smallest absolute Gasteiger partial charge is 0.258 e. The summed E-state index contributed by atoms with van der Waals surface area (Å²) in [5.74, 6) is 1.23. The zero-order valence-corrected chi connectivity index (χ0v) is 11.1. The first-order chi connectivity index (χ1) is 10.2. The molecule has 2 N–H and O–H groups in total. The molecule has 3 aromatic rings. The molecule has 6 heteroatoms. The van der Waals surface area contributed by atoms with Crippen LogP contribution in [0, 0.1) is 0 Å². The Morgan fingerprint density at radius 3 is 2.38 bits per heavy atom. The molecule has 0 fully saturated rings. The van der Waals surface area contributed by atoms with Gasteiger partial charge in [-0.25, -0.2) is 0 Å². The number of nitrogens with zero attached hydrogens (tertiary/aromatic N) is 2. The number of phenolic OH excluding ortho intramolecular Hbond substituents is 2. The summed E-state index contributed by atoms with van der Waals surface area (Å²) in [7, 11) is 1.48. The zero-order valence-electron chi connectivity index (χ0n) is 11.1. The summed E-state index contributed by atoms with van der Waals surface area (Å²) in [5, 5.41) is 22.9. The average Bonchev–Trinajstić information content (AvgIpc) is 2.98. The number of aromatic nitrogens is 2. The largest absolute Gasteiger partial charge is 0.508 e. The van der Waals surface area contributed by atoms with Gasteiger partial charge in [0.25, 0.3) is 5.89 Å². The molecule has 0 bridgehead atoms. The van der Waals surface area contributed by atoms with Gasteiger partial charge in [-0.15, -0.1) is 0 Å². The summed E-state index contributed by atoms with van der Waals surface area (Å²) in [6.45, 7) is 0. The van der Waals surface area contributed by atoms with Crippen molar-refractivity contribution in [3.8, 4) is 40.1 Å². The molecular formula is C15H12N2O4. The summed E-state index contributed by atoms with van der Waals surface area (Å²) >= 11 is 0. The van der Waals surface area contributed by atoms with Gasteiger partial charge in [0.2, 0.25) is 5.82 Å². The second kappa shape index (κ2) is 5.16. The minimum Gasteiger partial charge on any atom is -0.508 e. The van der Waals surface area contributed by atoms with Crippen molar-refractivity contribution in [2.45, 2.75) is 0 Å². The normalized spacial score (nSPS) is 10.5. The van der Waals surface area contributed by atoms with Gasteiger partial charge in [-0.2, -0.15) is 4.98 Å². The van der Waals surface area contributed by atoms with E-state index in [1.54, 1.807) is 36.4 Å². The van der Waals surface area contributed by atoms with E-state index < -0.39 is 0 Å². The topological polar surface area (TPSA) is 88.6 Å². The highest BCUT2D eigenvalue weighted by Crippen LogP contribution is 2.31. The lowest BCUT2D eigenvalue weighted by molar-refractivity contribution is 0.373. The van der Waals surface area contributed by atoms with Crippen molar-refractivity contribution in [2.24, 2.45) is 0 Å². The second-order valence-corrected chi connectivity index (χ2v) is 4.36. The Hall–Kier alpha value is -3.02. The van der Waals surface area contributed by atoms with Gasteiger partial charge in [0, 0.05) is 11.1 Å². The van der Waals surface area contributed by atoms with Gasteiger partial charge in [0.1, 0.15) is 5.75 Å². The van der Waals surface area contributed by atoms with Crippen LogP contribution in [0.1, 0.15) is 0 Å². The van der Waals surface area contributed by atoms with Gasteiger partial charge in [-0.1, -0.05) is 5.16 Å². The van der Waals surface area contributed by atoms with E-state index in [-0.39, 0.29) is 17.4 Å². The van der Waals surface area contributed by atoms with Crippen molar-refractivity contribution in [1.29, 1.82) is 0 Å². The van der Waals surface area contributed by atoms with Crippen LogP contribution in [0.5, 0.6) is 17.2 Å². The highest BCUT2D eigenvalue weighted by Gasteiger charge is 2.12. The molecule has 0 unspecified atom stereocenters. The molecule has 0 spiro atoms. The van der Waals surface area contributed by atoms with Crippen LogP contribution < -0.4 is 4.74 Å². The van der Waals surface area contributed by atoms with Gasteiger partial charge in [0.15, 0.2) is 11.5 Å². The van der Waals surface area contributed by atoms with Crippen LogP contribution in [0.4, 0.5) is 0 Å². The molecule has 0 aliphatic heterocycles. The summed E-state index contributed by atoms with van der Waals surface area (Å²) in [6.07, 6.45) is 0. The lowest BCUT2D eigenvalue weighted by Crippen LogP contribution is -1.85. The monoisotopic (exact) mass is 284 g/mol. The summed E-state index contributed by atoms with van der Waals surface area (Å²) in [5.41, 5.74) is 1.31. The van der Waals surface area contributed by atoms with Crippen LogP contribution in [-0.2, 0) is 0 Å². The number of ether oxygens (including phenoxy) is 1. The standard InChI is InChI=1S/C15H12N2O4/c1-20-13-7-4-10(8-12(13)19)15-16-14(17-21-15)9-2-5-11(18)6-3-9/h2-8,18-19H,1H3. The number of rotatable bonds is 3. The van der Waals surface area contributed by atoms with E-state index in [2.05, 4.69) is 10.1 Å². The van der Waals surface area contributed by atoms with Crippen molar-refractivity contribution < 1.29 is 19.5 Å². The third-order valence-electron chi connectivity index (χ3n) is 2.98. The lowest BCUT2D eigenvalue weighted by atomic mass is 10.2. The van der Waals surface area contributed by atoms with Gasteiger partial charge in [-0.05, 0) is 42.5 Å². The third kappa shape index (κ3) is 2.51. The first kappa shape index (κ1) is 13.0. The van der Waals surface area contributed by atoms with E-state index in [1.807, 2.05) is 0 Å². The molecule has 3 rings (SSSR count). The third-order valence-corrected chi connectivity index (χ3v) is 2.98. The molecule has 6 nitrogen and oxygen atoms in total. The van der Waals surface area contributed by atoms with E-state index >= 15 is 0 Å². The number of benzene rings is 2. The van der Waals surface area contributed by atoms with Crippen molar-refractivity contribution in [1.82, 2.24) is 10.1 Å². The minimum absolute atomic E-state index is 0.000571. The van der Waals surface area contributed by atoms with Crippen molar-refractivity contribution in [3.05, 3.63) is 42.5 Å². The maximum absolute atomic E-state index is 9.76. The van der Waals surface area contributed by atoms with Gasteiger partial charge < -0.3 is 19.5 Å². The molecule has 0 radical (unpaired) electrons. The van der Waals surface area contributed by atoms with Crippen LogP contribution >= 0.6 is 0 Å². The Morgan fingerprint density at radius 2 is 1.71 bits per heavy atom. The molecule has 106 valence electrons. The molecule has 0 aliphatic rings. The molecule has 0 atom stereocenters. The number of methoxy groups -OCH3 is 1. The molecule has 21 heavy (non-hydrogen) atoms. The Morgan fingerprint density at radius 1 is 1.00 bits per heavy atom. The van der Waals surface area contributed by atoms with E-state index in [0.717, 1.165) is 5.56 Å². The fourth-order valence-corrected chi connectivity index (χ4v) is 1.89. The highest BCUT2D eigenvalue weighted by atomic mass is 16.5. The molecule has 1 aromatic heterocycles. The van der Waals surface area contributed by atoms with E-state index in [9.17, 15) is 10.2 Å². The lowest BCUT2D eigenvalue weighted by Gasteiger charge is -2.03. The molecule has 0 saturated carbocycles. The molecule has 0 aliphatic carbocycles. The maximum Gasteiger partial charge on any atom is 0.258 e. The van der Waals surface area contributed by atoms with Crippen molar-refractivity contribution in [2.75, 3.05) is 7.11 Å². The fourth-order valence-electron chi connectivity index (χ4n) is 1.89. The second-order valence-electron chi connectivity index (χ2n) is 4.36. The Kier molecular flexibility index (Phi) is 3.19. The SMILES string of the molecule is COc1ccc(-c2nc(-c3ccc(O)cc3)no2)cc1O. The van der Waals surface area contributed by atoms with Gasteiger partial charge in [-0.3, -0.25) is 0 Å². The Balaban J connectivity index is 1.94. The number of hydrogen-bond acceptors (Lipinski definition) is 6. The number of hydrogen-bond donors (Lipinski definition) is 2. The Bertz CT molecular complexity index is 766. The quantitative estimate of drug-likeness (QED) is 0.768. The summed E-state index contributed by atoms with van der Waals surface area (Å²) < 4.78 is 10.2. The van der Waals surface area contributed by atoms with Crippen LogP contribution in [0.3, 0.4) is 0 Å². The van der Waals surface area contributed by atoms with Crippen LogP contribution in [0.25, 0.3) is 22.8 Å². The van der Waals surface area contributed by atoms with E-state index in [0.29, 0.717) is 17.1 Å². The number of aromatic hydroxyl groups is 2. The minimum atomic E-state index is -0.000571. The summed E-state index contributed by atoms with van der Waals surface area (Å²) in [6, 6.07) is 11.3. The van der Waals surface area contributed by atoms with Crippen molar-refractivity contribution >= 4 is 0 Å². The number of phenols is 2. The predicted molar refractivity (Wildman–Crippen MR) is 75.1 cm³/mol. The van der Waals surface area contributed by atoms with Gasteiger partial charge in [0.05, 0.1) is 7.11 Å². The van der Waals surface area contributed by atoms with Crippen LogP contribution in [-0.4, -0.2) is 27.5 Å². The molecule has 0 saturated heterocycles. The molecule has 1 heterocycles.